The average Bonchev–Trinajstić information content (AvgIpc) is 2.63. The van der Waals surface area contributed by atoms with Gasteiger partial charge in [0, 0.05) is 12.1 Å². The van der Waals surface area contributed by atoms with Gasteiger partial charge in [-0.3, -0.25) is 29.4 Å². The third-order valence-corrected chi connectivity index (χ3v) is 2.91. The predicted octanol–water partition coefficient (Wildman–Crippen LogP) is -0.997. The summed E-state index contributed by atoms with van der Waals surface area (Å²) in [6.07, 6.45) is 0. The van der Waals surface area contributed by atoms with Crippen LogP contribution in [0.15, 0.2) is 18.2 Å². The molecule has 1 unspecified atom stereocenters. The van der Waals surface area contributed by atoms with E-state index in [9.17, 15) is 24.5 Å². The highest BCUT2D eigenvalue weighted by molar-refractivity contribution is 6.21. The molecule has 1 heterocycles. The lowest BCUT2D eigenvalue weighted by atomic mass is 10.1. The van der Waals surface area contributed by atoms with Crippen molar-refractivity contribution < 1.29 is 19.3 Å². The molecule has 0 radical (unpaired) electrons. The minimum atomic E-state index is -1.19. The Labute approximate surface area is 112 Å². The fourth-order valence-electron chi connectivity index (χ4n) is 1.84. The molecule has 104 valence electrons. The van der Waals surface area contributed by atoms with Gasteiger partial charge in [-0.25, -0.2) is 0 Å². The molecule has 0 aromatic heterocycles. The van der Waals surface area contributed by atoms with Crippen LogP contribution < -0.4 is 11.5 Å². The number of amides is 3. The molecule has 3 amide bonds. The van der Waals surface area contributed by atoms with Crippen LogP contribution in [0.4, 0.5) is 5.69 Å². The Bertz CT molecular complexity index is 642. The van der Waals surface area contributed by atoms with Crippen LogP contribution in [-0.2, 0) is 4.79 Å². The molecule has 20 heavy (non-hydrogen) atoms. The van der Waals surface area contributed by atoms with Gasteiger partial charge in [0.25, 0.3) is 17.5 Å². The molecule has 1 aliphatic rings. The van der Waals surface area contributed by atoms with Gasteiger partial charge in [-0.1, -0.05) is 0 Å². The lowest BCUT2D eigenvalue weighted by molar-refractivity contribution is -0.384. The molecule has 9 nitrogen and oxygen atoms in total. The maximum absolute atomic E-state index is 12.0. The first-order valence-corrected chi connectivity index (χ1v) is 5.52. The maximum atomic E-state index is 12.0. The van der Waals surface area contributed by atoms with Crippen LogP contribution in [0.1, 0.15) is 20.7 Å². The normalized spacial score (nSPS) is 15.2. The fourth-order valence-corrected chi connectivity index (χ4v) is 1.84. The number of nitrogens with two attached hydrogens (primary N) is 2. The minimum Gasteiger partial charge on any atom is -0.368 e. The second-order valence-corrected chi connectivity index (χ2v) is 4.22. The van der Waals surface area contributed by atoms with Crippen molar-refractivity contribution in [2.45, 2.75) is 6.04 Å². The molecule has 0 bridgehead atoms. The van der Waals surface area contributed by atoms with Gasteiger partial charge < -0.3 is 11.5 Å². The summed E-state index contributed by atoms with van der Waals surface area (Å²) >= 11 is 0. The smallest absolute Gasteiger partial charge is 0.270 e. The number of nitrogens with zero attached hydrogens (tertiary/aromatic N) is 2. The van der Waals surface area contributed by atoms with E-state index in [2.05, 4.69) is 0 Å². The molecule has 9 heteroatoms. The molecule has 1 aromatic rings. The van der Waals surface area contributed by atoms with Crippen LogP contribution in [0.3, 0.4) is 0 Å². The van der Waals surface area contributed by atoms with E-state index < -0.39 is 28.7 Å². The second kappa shape index (κ2) is 4.70. The average molecular weight is 278 g/mol. The number of hydrogen-bond donors (Lipinski definition) is 2. The third kappa shape index (κ3) is 2.10. The number of rotatable bonds is 4. The third-order valence-electron chi connectivity index (χ3n) is 2.91. The summed E-state index contributed by atoms with van der Waals surface area (Å²) in [6, 6.07) is 2.16. The van der Waals surface area contributed by atoms with Gasteiger partial charge in [-0.05, 0) is 6.07 Å². The fraction of sp³-hybridized carbons (Fsp3) is 0.182. The molecular weight excluding hydrogens is 268 g/mol. The van der Waals surface area contributed by atoms with E-state index in [0.29, 0.717) is 0 Å². The van der Waals surface area contributed by atoms with Gasteiger partial charge in [-0.2, -0.15) is 0 Å². The number of carbonyl (C=O) groups excluding carboxylic acids is 3. The summed E-state index contributed by atoms with van der Waals surface area (Å²) in [7, 11) is 0. The van der Waals surface area contributed by atoms with Crippen molar-refractivity contribution in [2.75, 3.05) is 6.54 Å². The molecule has 4 N–H and O–H groups in total. The summed E-state index contributed by atoms with van der Waals surface area (Å²) in [4.78, 5) is 45.6. The Morgan fingerprint density at radius 3 is 2.45 bits per heavy atom. The first kappa shape index (κ1) is 13.6. The molecule has 0 saturated heterocycles. The van der Waals surface area contributed by atoms with Crippen LogP contribution in [0.25, 0.3) is 0 Å². The first-order chi connectivity index (χ1) is 9.32. The van der Waals surface area contributed by atoms with Crippen LogP contribution in [0, 0.1) is 10.1 Å². The quantitative estimate of drug-likeness (QED) is 0.410. The van der Waals surface area contributed by atoms with E-state index in [0.717, 1.165) is 17.0 Å². The molecule has 1 aliphatic heterocycles. The Kier molecular flexibility index (Phi) is 3.20. The number of nitro groups is 1. The molecule has 1 aromatic carbocycles. The minimum absolute atomic E-state index is 0.0391. The maximum Gasteiger partial charge on any atom is 0.270 e. The largest absolute Gasteiger partial charge is 0.368 e. The number of primary amides is 1. The first-order valence-electron chi connectivity index (χ1n) is 5.52. The van der Waals surface area contributed by atoms with Gasteiger partial charge in [-0.15, -0.1) is 0 Å². The number of hydrogen-bond acceptors (Lipinski definition) is 6. The van der Waals surface area contributed by atoms with Crippen LogP contribution in [0.5, 0.6) is 0 Å². The molecule has 0 saturated carbocycles. The van der Waals surface area contributed by atoms with Crippen molar-refractivity contribution in [3.63, 3.8) is 0 Å². The van der Waals surface area contributed by atoms with Gasteiger partial charge in [0.05, 0.1) is 22.6 Å². The summed E-state index contributed by atoms with van der Waals surface area (Å²) in [5, 5.41) is 10.7. The van der Waals surface area contributed by atoms with Gasteiger partial charge in [0.1, 0.15) is 6.04 Å². The Morgan fingerprint density at radius 2 is 1.90 bits per heavy atom. The summed E-state index contributed by atoms with van der Waals surface area (Å²) in [6.45, 7) is -0.366. The second-order valence-electron chi connectivity index (χ2n) is 4.22. The van der Waals surface area contributed by atoms with Gasteiger partial charge in [0.2, 0.25) is 5.91 Å². The molecular formula is C11H10N4O5. The number of non-ortho nitro benzene ring substituents is 1. The van der Waals surface area contributed by atoms with Gasteiger partial charge >= 0.3 is 0 Å². The van der Waals surface area contributed by atoms with Crippen molar-refractivity contribution in [1.29, 1.82) is 0 Å². The highest BCUT2D eigenvalue weighted by atomic mass is 16.6. The number of fused-ring (bicyclic) bond motifs is 1. The number of imide groups is 1. The zero-order valence-corrected chi connectivity index (χ0v) is 10.1. The number of benzene rings is 1. The predicted molar refractivity (Wildman–Crippen MR) is 65.6 cm³/mol. The zero-order valence-electron chi connectivity index (χ0n) is 10.1. The Hall–Kier alpha value is -2.81. The standard InChI is InChI=1S/C11H10N4O5/c12-8(9(13)16)4-14-10(17)6-2-1-5(15(19)20)3-7(6)11(14)18/h1-3,8H,4,12H2,(H2,13,16). The van der Waals surface area contributed by atoms with Crippen molar-refractivity contribution in [3.05, 3.63) is 39.4 Å². The Balaban J connectivity index is 2.35. The zero-order chi connectivity index (χ0) is 15.0. The van der Waals surface area contributed by atoms with Crippen LogP contribution in [0.2, 0.25) is 0 Å². The van der Waals surface area contributed by atoms with E-state index in [4.69, 9.17) is 11.5 Å². The molecule has 0 aliphatic carbocycles. The topological polar surface area (TPSA) is 150 Å². The van der Waals surface area contributed by atoms with E-state index in [1.165, 1.54) is 6.07 Å². The van der Waals surface area contributed by atoms with E-state index in [1.807, 2.05) is 0 Å². The highest BCUT2D eigenvalue weighted by Gasteiger charge is 2.38. The molecule has 1 atom stereocenters. The highest BCUT2D eigenvalue weighted by Crippen LogP contribution is 2.26. The van der Waals surface area contributed by atoms with Crippen molar-refractivity contribution in [3.8, 4) is 0 Å². The summed E-state index contributed by atoms with van der Waals surface area (Å²) in [5.74, 6) is -2.24. The van der Waals surface area contributed by atoms with E-state index in [1.54, 1.807) is 0 Å². The van der Waals surface area contributed by atoms with Crippen molar-refractivity contribution >= 4 is 23.4 Å². The lowest BCUT2D eigenvalue weighted by Crippen LogP contribution is -2.47. The summed E-state index contributed by atoms with van der Waals surface area (Å²) in [5.41, 5.74) is 10.0. The molecule has 0 spiro atoms. The van der Waals surface area contributed by atoms with Crippen LogP contribution in [-0.4, -0.2) is 40.1 Å². The molecule has 2 rings (SSSR count). The van der Waals surface area contributed by atoms with Crippen molar-refractivity contribution in [2.24, 2.45) is 11.5 Å². The Morgan fingerprint density at radius 1 is 1.30 bits per heavy atom. The van der Waals surface area contributed by atoms with E-state index >= 15 is 0 Å². The number of nitro benzene ring substituents is 1. The number of carbonyl (C=O) groups is 3. The monoisotopic (exact) mass is 278 g/mol. The summed E-state index contributed by atoms with van der Waals surface area (Å²) < 4.78 is 0. The SMILES string of the molecule is NC(=O)C(N)CN1C(=O)c2ccc([N+](=O)[O-])cc2C1=O. The van der Waals surface area contributed by atoms with E-state index in [-0.39, 0.29) is 23.4 Å². The lowest BCUT2D eigenvalue weighted by Gasteiger charge is -2.16. The van der Waals surface area contributed by atoms with Crippen LogP contribution >= 0.6 is 0 Å². The van der Waals surface area contributed by atoms with Crippen molar-refractivity contribution in [1.82, 2.24) is 4.90 Å². The molecule has 0 fully saturated rings. The van der Waals surface area contributed by atoms with Gasteiger partial charge in [0.15, 0.2) is 0 Å².